The Morgan fingerprint density at radius 2 is 2.30 bits per heavy atom. The average molecular weight is 304 g/mol. The van der Waals surface area contributed by atoms with Gasteiger partial charge in [0.15, 0.2) is 5.82 Å². The summed E-state index contributed by atoms with van der Waals surface area (Å²) >= 11 is 3.04. The van der Waals surface area contributed by atoms with Crippen LogP contribution in [0, 0.1) is 0 Å². The molecule has 1 fully saturated rings. The lowest BCUT2D eigenvalue weighted by Crippen LogP contribution is -2.01. The molecule has 0 spiro atoms. The van der Waals surface area contributed by atoms with E-state index in [-0.39, 0.29) is 0 Å². The molecular weight excluding hydrogens is 292 g/mol. The highest BCUT2D eigenvalue weighted by atomic mass is 32.1. The Balaban J connectivity index is 1.41. The van der Waals surface area contributed by atoms with Gasteiger partial charge in [0.05, 0.1) is 11.4 Å². The molecule has 0 aliphatic heterocycles. The van der Waals surface area contributed by atoms with Crippen LogP contribution in [0.15, 0.2) is 17.5 Å². The zero-order valence-electron chi connectivity index (χ0n) is 10.5. The van der Waals surface area contributed by atoms with Crippen LogP contribution in [0.1, 0.15) is 30.4 Å². The monoisotopic (exact) mass is 304 g/mol. The summed E-state index contributed by atoms with van der Waals surface area (Å²) in [6.07, 6.45) is 2.45. The van der Waals surface area contributed by atoms with Crippen molar-refractivity contribution in [1.82, 2.24) is 24.5 Å². The molecular formula is C12H12N6S2. The zero-order chi connectivity index (χ0) is 13.4. The molecule has 1 aliphatic rings. The molecule has 3 aromatic heterocycles. The van der Waals surface area contributed by atoms with E-state index < -0.39 is 0 Å². The van der Waals surface area contributed by atoms with Crippen LogP contribution < -0.4 is 5.32 Å². The molecule has 4 rings (SSSR count). The molecule has 3 aromatic rings. The van der Waals surface area contributed by atoms with E-state index in [1.54, 1.807) is 11.3 Å². The van der Waals surface area contributed by atoms with Gasteiger partial charge in [-0.05, 0) is 24.3 Å². The number of thiophene rings is 1. The van der Waals surface area contributed by atoms with E-state index in [9.17, 15) is 0 Å². The molecule has 6 nitrogen and oxygen atoms in total. The van der Waals surface area contributed by atoms with E-state index in [0.717, 1.165) is 27.5 Å². The minimum Gasteiger partial charge on any atom is -0.353 e. The van der Waals surface area contributed by atoms with Crippen molar-refractivity contribution >= 4 is 28.0 Å². The molecule has 8 heteroatoms. The SMILES string of the molecule is c1csc(-c2n[nH]c(CNc3nc(C4CC4)ns3)n2)c1. The molecule has 0 radical (unpaired) electrons. The first-order chi connectivity index (χ1) is 9.88. The maximum Gasteiger partial charge on any atom is 0.202 e. The largest absolute Gasteiger partial charge is 0.353 e. The Kier molecular flexibility index (Phi) is 2.96. The van der Waals surface area contributed by atoms with Crippen LogP contribution in [-0.2, 0) is 6.54 Å². The third-order valence-electron chi connectivity index (χ3n) is 3.06. The van der Waals surface area contributed by atoms with Crippen LogP contribution in [0.3, 0.4) is 0 Å². The second kappa shape index (κ2) is 4.95. The molecule has 3 heterocycles. The molecule has 0 aromatic carbocycles. The minimum absolute atomic E-state index is 0.581. The lowest BCUT2D eigenvalue weighted by atomic mass is 10.4. The van der Waals surface area contributed by atoms with Crippen LogP contribution in [0.4, 0.5) is 5.13 Å². The molecule has 2 N–H and O–H groups in total. The summed E-state index contributed by atoms with van der Waals surface area (Å²) in [6.45, 7) is 0.581. The summed E-state index contributed by atoms with van der Waals surface area (Å²) in [4.78, 5) is 10.0. The van der Waals surface area contributed by atoms with Crippen LogP contribution in [0.5, 0.6) is 0 Å². The highest BCUT2D eigenvalue weighted by molar-refractivity contribution is 7.13. The highest BCUT2D eigenvalue weighted by Crippen LogP contribution is 2.39. The topological polar surface area (TPSA) is 79.4 Å². The van der Waals surface area contributed by atoms with Gasteiger partial charge in [0.25, 0.3) is 0 Å². The standard InChI is InChI=1S/C12H12N6S2/c1-2-8(19-5-1)11-14-9(16-17-11)6-13-12-15-10(18-20-12)7-3-4-7/h1-2,5,7H,3-4,6H2,(H,13,15,18)(H,14,16,17). The quantitative estimate of drug-likeness (QED) is 0.757. The fraction of sp³-hybridized carbons (Fsp3) is 0.333. The van der Waals surface area contributed by atoms with Gasteiger partial charge < -0.3 is 5.32 Å². The summed E-state index contributed by atoms with van der Waals surface area (Å²) in [5.74, 6) is 3.12. The van der Waals surface area contributed by atoms with Crippen LogP contribution >= 0.6 is 22.9 Å². The maximum absolute atomic E-state index is 4.48. The number of aromatic amines is 1. The predicted octanol–water partition coefficient (Wildman–Crippen LogP) is 2.87. The van der Waals surface area contributed by atoms with E-state index in [4.69, 9.17) is 0 Å². The number of anilines is 1. The molecule has 0 saturated heterocycles. The lowest BCUT2D eigenvalue weighted by molar-refractivity contribution is 0.941. The summed E-state index contributed by atoms with van der Waals surface area (Å²) in [6, 6.07) is 4.01. The second-order valence-corrected chi connectivity index (χ2v) is 6.37. The van der Waals surface area contributed by atoms with Crippen molar-refractivity contribution in [1.29, 1.82) is 0 Å². The Morgan fingerprint density at radius 3 is 3.10 bits per heavy atom. The van der Waals surface area contributed by atoms with Crippen molar-refractivity contribution in [2.75, 3.05) is 5.32 Å². The Hall–Kier alpha value is -1.80. The summed E-state index contributed by atoms with van der Waals surface area (Å²) < 4.78 is 4.36. The van der Waals surface area contributed by atoms with E-state index in [1.165, 1.54) is 24.4 Å². The number of H-pyrrole nitrogens is 1. The summed E-state index contributed by atoms with van der Waals surface area (Å²) in [5, 5.41) is 13.3. The van der Waals surface area contributed by atoms with Gasteiger partial charge in [-0.15, -0.1) is 11.3 Å². The zero-order valence-corrected chi connectivity index (χ0v) is 12.2. The first-order valence-electron chi connectivity index (χ1n) is 6.41. The highest BCUT2D eigenvalue weighted by Gasteiger charge is 2.27. The molecule has 1 saturated carbocycles. The van der Waals surface area contributed by atoms with Gasteiger partial charge in [0.1, 0.15) is 11.6 Å². The fourth-order valence-corrected chi connectivity index (χ4v) is 3.16. The summed E-state index contributed by atoms with van der Waals surface area (Å²) in [7, 11) is 0. The van der Waals surface area contributed by atoms with Gasteiger partial charge in [-0.2, -0.15) is 9.47 Å². The third kappa shape index (κ3) is 2.44. The molecule has 0 atom stereocenters. The molecule has 20 heavy (non-hydrogen) atoms. The number of rotatable bonds is 5. The van der Waals surface area contributed by atoms with E-state index in [2.05, 4.69) is 29.9 Å². The first-order valence-corrected chi connectivity index (χ1v) is 8.06. The van der Waals surface area contributed by atoms with Crippen LogP contribution in [0.25, 0.3) is 10.7 Å². The van der Waals surface area contributed by atoms with Crippen molar-refractivity contribution in [3.8, 4) is 10.7 Å². The van der Waals surface area contributed by atoms with Crippen molar-refractivity contribution in [3.63, 3.8) is 0 Å². The minimum atomic E-state index is 0.581. The van der Waals surface area contributed by atoms with Crippen LogP contribution in [-0.4, -0.2) is 24.5 Å². The average Bonchev–Trinajstić information content (AvgIpc) is 2.93. The summed E-state index contributed by atoms with van der Waals surface area (Å²) in [5.41, 5.74) is 0. The number of hydrogen-bond donors (Lipinski definition) is 2. The Morgan fingerprint density at radius 1 is 1.35 bits per heavy atom. The van der Waals surface area contributed by atoms with Crippen molar-refractivity contribution in [2.45, 2.75) is 25.3 Å². The number of hydrogen-bond acceptors (Lipinski definition) is 7. The van der Waals surface area contributed by atoms with Gasteiger partial charge >= 0.3 is 0 Å². The second-order valence-electron chi connectivity index (χ2n) is 4.67. The number of nitrogens with zero attached hydrogens (tertiary/aromatic N) is 4. The van der Waals surface area contributed by atoms with Gasteiger partial charge in [-0.25, -0.2) is 9.97 Å². The van der Waals surface area contributed by atoms with Crippen molar-refractivity contribution in [3.05, 3.63) is 29.2 Å². The van der Waals surface area contributed by atoms with Crippen molar-refractivity contribution in [2.24, 2.45) is 0 Å². The van der Waals surface area contributed by atoms with Gasteiger partial charge in [-0.1, -0.05) is 6.07 Å². The smallest absolute Gasteiger partial charge is 0.202 e. The van der Waals surface area contributed by atoms with E-state index >= 15 is 0 Å². The van der Waals surface area contributed by atoms with E-state index in [0.29, 0.717) is 12.5 Å². The van der Waals surface area contributed by atoms with E-state index in [1.807, 2.05) is 17.5 Å². The Labute approximate surface area is 123 Å². The molecule has 102 valence electrons. The first kappa shape index (κ1) is 12.0. The Bertz CT molecular complexity index is 697. The van der Waals surface area contributed by atoms with Crippen molar-refractivity contribution < 1.29 is 0 Å². The third-order valence-corrected chi connectivity index (χ3v) is 4.62. The molecule has 0 unspecified atom stereocenters. The predicted molar refractivity (Wildman–Crippen MR) is 78.9 cm³/mol. The molecule has 1 aliphatic carbocycles. The normalized spacial score (nSPS) is 14.6. The van der Waals surface area contributed by atoms with Gasteiger partial charge in [0, 0.05) is 17.5 Å². The van der Waals surface area contributed by atoms with Crippen LogP contribution in [0.2, 0.25) is 0 Å². The lowest BCUT2D eigenvalue weighted by Gasteiger charge is -1.96. The fourth-order valence-electron chi connectivity index (χ4n) is 1.86. The number of nitrogens with one attached hydrogen (secondary N) is 2. The molecule has 0 bridgehead atoms. The molecule has 0 amide bonds. The maximum atomic E-state index is 4.48. The van der Waals surface area contributed by atoms with Gasteiger partial charge in [-0.3, -0.25) is 5.10 Å². The van der Waals surface area contributed by atoms with Gasteiger partial charge in [0.2, 0.25) is 5.13 Å². The number of aromatic nitrogens is 5.